The lowest BCUT2D eigenvalue weighted by Crippen LogP contribution is -2.49. The molecule has 13 heteroatoms. The Morgan fingerprint density at radius 2 is 1.72 bits per heavy atom. The van der Waals surface area contributed by atoms with E-state index in [4.69, 9.17) is 32.7 Å². The Bertz CT molecular complexity index is 1360. The van der Waals surface area contributed by atoms with Gasteiger partial charge < -0.3 is 14.8 Å². The summed E-state index contributed by atoms with van der Waals surface area (Å²) < 4.78 is 76.0. The summed E-state index contributed by atoms with van der Waals surface area (Å²) in [5.74, 6) is -2.27. The van der Waals surface area contributed by atoms with Gasteiger partial charge in [0.25, 0.3) is 12.3 Å². The minimum absolute atomic E-state index is 0.0111. The van der Waals surface area contributed by atoms with Crippen molar-refractivity contribution in [1.29, 1.82) is 0 Å². The molecule has 0 aliphatic carbocycles. The fourth-order valence-electron chi connectivity index (χ4n) is 4.47. The van der Waals surface area contributed by atoms with Crippen LogP contribution in [0.4, 0.5) is 22.0 Å². The van der Waals surface area contributed by atoms with Crippen LogP contribution in [0, 0.1) is 5.41 Å². The second kappa shape index (κ2) is 13.9. The highest BCUT2D eigenvalue weighted by molar-refractivity contribution is 6.40. The van der Waals surface area contributed by atoms with Gasteiger partial charge in [-0.15, -0.1) is 0 Å². The Kier molecular flexibility index (Phi) is 11.2. The second-order valence-corrected chi connectivity index (χ2v) is 12.0. The van der Waals surface area contributed by atoms with Crippen LogP contribution in [0.2, 0.25) is 10.0 Å². The number of Topliss-reactive ketones (excluding diaryl/α,β-unsaturated/α-hetero) is 2. The Balaban J connectivity index is 1.85. The number of hydrogen-bond acceptors (Lipinski definition) is 5. The largest absolute Gasteiger partial charge is 0.487 e. The molecule has 6 nitrogen and oxygen atoms in total. The van der Waals surface area contributed by atoms with E-state index in [-0.39, 0.29) is 45.3 Å². The van der Waals surface area contributed by atoms with Gasteiger partial charge in [-0.3, -0.25) is 14.4 Å². The average molecular weight is 652 g/mol. The fourth-order valence-corrected chi connectivity index (χ4v) is 5.14. The summed E-state index contributed by atoms with van der Waals surface area (Å²) in [4.78, 5) is 38.9. The molecular formula is C30H32Cl2F5NO5. The summed E-state index contributed by atoms with van der Waals surface area (Å²) in [5.41, 5.74) is -2.70. The number of ketones is 2. The molecular weight excluding hydrogens is 620 g/mol. The van der Waals surface area contributed by atoms with Gasteiger partial charge in [0.05, 0.1) is 21.2 Å². The van der Waals surface area contributed by atoms with Crippen molar-refractivity contribution < 1.29 is 45.8 Å². The number of hydrogen-bond donors (Lipinski definition) is 1. The molecule has 0 saturated carbocycles. The van der Waals surface area contributed by atoms with Crippen LogP contribution in [0.1, 0.15) is 71.9 Å². The van der Waals surface area contributed by atoms with Crippen molar-refractivity contribution in [1.82, 2.24) is 5.32 Å². The van der Waals surface area contributed by atoms with Gasteiger partial charge in [0.15, 0.2) is 5.78 Å². The number of nitrogens with one attached hydrogen (secondary N) is 1. The second-order valence-electron chi connectivity index (χ2n) is 11.2. The Hall–Kier alpha value is -2.76. The van der Waals surface area contributed by atoms with E-state index in [1.165, 1.54) is 30.3 Å². The van der Waals surface area contributed by atoms with Crippen LogP contribution in [0.15, 0.2) is 30.3 Å². The van der Waals surface area contributed by atoms with Gasteiger partial charge in [0, 0.05) is 31.6 Å². The Morgan fingerprint density at radius 3 is 2.33 bits per heavy atom. The molecule has 1 amide bonds. The maximum absolute atomic E-state index is 13.4. The van der Waals surface area contributed by atoms with Gasteiger partial charge in [-0.05, 0) is 69.4 Å². The maximum Gasteiger partial charge on any atom is 0.400 e. The molecule has 1 heterocycles. The summed E-state index contributed by atoms with van der Waals surface area (Å²) in [6.45, 7) is 3.38. The number of halogens is 7. The number of ether oxygens (including phenoxy) is 2. The molecule has 1 aliphatic heterocycles. The number of rotatable bonds is 12. The van der Waals surface area contributed by atoms with E-state index < -0.39 is 54.1 Å². The molecule has 1 fully saturated rings. The average Bonchev–Trinajstić information content (AvgIpc) is 2.91. The van der Waals surface area contributed by atoms with E-state index in [2.05, 4.69) is 5.32 Å². The first kappa shape index (κ1) is 34.7. The van der Waals surface area contributed by atoms with Crippen molar-refractivity contribution in [2.24, 2.45) is 5.41 Å². The van der Waals surface area contributed by atoms with Crippen molar-refractivity contribution in [3.05, 3.63) is 62.6 Å². The SMILES string of the molecule is CC1(NC(=O)c2cc(CC(=O)c3c(Cl)ccc(CCC(=O)C(C)(C)C(F)(F)F)c3Cl)ccc2OCC(F)F)CCOCC1. The molecule has 1 saturated heterocycles. The summed E-state index contributed by atoms with van der Waals surface area (Å²) >= 11 is 12.7. The maximum atomic E-state index is 13.4. The van der Waals surface area contributed by atoms with Crippen molar-refractivity contribution >= 4 is 40.7 Å². The van der Waals surface area contributed by atoms with Gasteiger partial charge >= 0.3 is 6.18 Å². The van der Waals surface area contributed by atoms with Crippen LogP contribution < -0.4 is 10.1 Å². The molecule has 0 bridgehead atoms. The van der Waals surface area contributed by atoms with Gasteiger partial charge in [-0.25, -0.2) is 8.78 Å². The van der Waals surface area contributed by atoms with Crippen LogP contribution >= 0.6 is 23.2 Å². The third-order valence-electron chi connectivity index (χ3n) is 7.51. The summed E-state index contributed by atoms with van der Waals surface area (Å²) in [6, 6.07) is 6.92. The fraction of sp³-hybridized carbons (Fsp3) is 0.500. The van der Waals surface area contributed by atoms with Crippen molar-refractivity contribution in [2.75, 3.05) is 19.8 Å². The molecule has 2 aromatic rings. The highest BCUT2D eigenvalue weighted by Gasteiger charge is 2.52. The van der Waals surface area contributed by atoms with E-state index in [0.717, 1.165) is 13.8 Å². The lowest BCUT2D eigenvalue weighted by Gasteiger charge is -2.34. The zero-order valence-electron chi connectivity index (χ0n) is 23.8. The third kappa shape index (κ3) is 8.67. The number of amides is 1. The number of carbonyl (C=O) groups excluding carboxylic acids is 3. The first-order chi connectivity index (χ1) is 19.9. The first-order valence-electron chi connectivity index (χ1n) is 13.5. The van der Waals surface area contributed by atoms with Crippen molar-refractivity contribution in [2.45, 2.75) is 71.0 Å². The predicted molar refractivity (Wildman–Crippen MR) is 152 cm³/mol. The number of benzene rings is 2. The minimum Gasteiger partial charge on any atom is -0.487 e. The Labute approximate surface area is 256 Å². The van der Waals surface area contributed by atoms with Gasteiger partial charge in [-0.1, -0.05) is 35.3 Å². The minimum atomic E-state index is -4.73. The molecule has 0 spiro atoms. The zero-order valence-corrected chi connectivity index (χ0v) is 25.3. The molecule has 0 aromatic heterocycles. The zero-order chi connectivity index (χ0) is 32.2. The highest BCUT2D eigenvalue weighted by Crippen LogP contribution is 2.40. The van der Waals surface area contributed by atoms with Crippen molar-refractivity contribution in [3.8, 4) is 5.75 Å². The molecule has 3 rings (SSSR count). The summed E-state index contributed by atoms with van der Waals surface area (Å²) in [5, 5.41) is 2.80. The lowest BCUT2D eigenvalue weighted by atomic mass is 9.84. The van der Waals surface area contributed by atoms with Crippen LogP contribution in [0.5, 0.6) is 5.75 Å². The predicted octanol–water partition coefficient (Wildman–Crippen LogP) is 7.45. The monoisotopic (exact) mass is 651 g/mol. The highest BCUT2D eigenvalue weighted by atomic mass is 35.5. The van der Waals surface area contributed by atoms with E-state index in [1.54, 1.807) is 0 Å². The van der Waals surface area contributed by atoms with Gasteiger partial charge in [0.1, 0.15) is 23.6 Å². The number of aryl methyl sites for hydroxylation is 1. The van der Waals surface area contributed by atoms with E-state index in [1.807, 2.05) is 6.92 Å². The molecule has 0 atom stereocenters. The smallest absolute Gasteiger partial charge is 0.400 e. The molecule has 1 aliphatic rings. The van der Waals surface area contributed by atoms with Crippen LogP contribution in [-0.4, -0.2) is 55.4 Å². The van der Waals surface area contributed by atoms with Gasteiger partial charge in [-0.2, -0.15) is 13.2 Å². The number of alkyl halides is 5. The van der Waals surface area contributed by atoms with Crippen LogP contribution in [-0.2, 0) is 22.4 Å². The van der Waals surface area contributed by atoms with E-state index in [0.29, 0.717) is 31.6 Å². The molecule has 0 unspecified atom stereocenters. The lowest BCUT2D eigenvalue weighted by molar-refractivity contribution is -0.210. The van der Waals surface area contributed by atoms with E-state index in [9.17, 15) is 36.3 Å². The molecule has 1 N–H and O–H groups in total. The standard InChI is InChI=1S/C30H32Cl2F5NO5/c1-28(2,30(35,36)37)23(40)9-6-18-5-7-20(31)25(26(18)32)21(39)15-17-4-8-22(43-16-24(33)34)19(14-17)27(41)38-29(3)10-12-42-13-11-29/h4-5,7-8,14,24H,6,9-13,15-16H2,1-3H3,(H,38,41). The van der Waals surface area contributed by atoms with Crippen LogP contribution in [0.25, 0.3) is 0 Å². The normalized spacial score (nSPS) is 15.3. The summed E-state index contributed by atoms with van der Waals surface area (Å²) in [7, 11) is 0. The van der Waals surface area contributed by atoms with Crippen LogP contribution in [0.3, 0.4) is 0 Å². The quantitative estimate of drug-likeness (QED) is 0.190. The number of carbonyl (C=O) groups is 3. The third-order valence-corrected chi connectivity index (χ3v) is 8.25. The molecule has 236 valence electrons. The topological polar surface area (TPSA) is 81.7 Å². The summed E-state index contributed by atoms with van der Waals surface area (Å²) in [6.07, 6.45) is -7.36. The van der Waals surface area contributed by atoms with Gasteiger partial charge in [0.2, 0.25) is 0 Å². The molecule has 43 heavy (non-hydrogen) atoms. The van der Waals surface area contributed by atoms with Crippen molar-refractivity contribution in [3.63, 3.8) is 0 Å². The molecule has 2 aromatic carbocycles. The Morgan fingerprint density at radius 1 is 1.07 bits per heavy atom. The first-order valence-corrected chi connectivity index (χ1v) is 14.2. The molecule has 0 radical (unpaired) electrons. The van der Waals surface area contributed by atoms with E-state index >= 15 is 0 Å².